The summed E-state index contributed by atoms with van der Waals surface area (Å²) < 4.78 is 5.02. The van der Waals surface area contributed by atoms with Crippen LogP contribution in [0.15, 0.2) is 40.3 Å². The van der Waals surface area contributed by atoms with Crippen LogP contribution in [0.25, 0.3) is 0 Å². The Morgan fingerprint density at radius 1 is 0.906 bits per heavy atom. The van der Waals surface area contributed by atoms with E-state index in [0.29, 0.717) is 31.1 Å². The minimum absolute atomic E-state index is 0.00715. The number of rotatable bonds is 6. The molecule has 10 heteroatoms. The van der Waals surface area contributed by atoms with E-state index in [9.17, 15) is 19.2 Å². The topological polar surface area (TPSA) is 112 Å². The fourth-order valence-electron chi connectivity index (χ4n) is 4.31. The molecule has 2 aliphatic heterocycles. The number of thiophene rings is 1. The molecule has 170 valence electrons. The molecule has 0 radical (unpaired) electrons. The Morgan fingerprint density at radius 3 is 2.19 bits per heavy atom. The van der Waals surface area contributed by atoms with Crippen molar-refractivity contribution in [2.75, 3.05) is 39.3 Å². The number of hydrogen-bond donors (Lipinski definition) is 2. The highest BCUT2D eigenvalue weighted by atomic mass is 32.1. The first-order valence-electron chi connectivity index (χ1n) is 10.6. The Balaban J connectivity index is 1.19. The quantitative estimate of drug-likeness (QED) is 0.679. The number of amides is 4. The van der Waals surface area contributed by atoms with Crippen LogP contribution in [0.2, 0.25) is 0 Å². The minimum atomic E-state index is -0.409. The van der Waals surface area contributed by atoms with Gasteiger partial charge in [0.05, 0.1) is 24.2 Å². The summed E-state index contributed by atoms with van der Waals surface area (Å²) in [5.74, 6) is -0.660. The van der Waals surface area contributed by atoms with Crippen molar-refractivity contribution in [1.82, 2.24) is 20.4 Å². The Labute approximate surface area is 189 Å². The van der Waals surface area contributed by atoms with Crippen LogP contribution < -0.4 is 10.6 Å². The second-order valence-electron chi connectivity index (χ2n) is 8.27. The summed E-state index contributed by atoms with van der Waals surface area (Å²) >= 11 is 1.34. The van der Waals surface area contributed by atoms with E-state index >= 15 is 0 Å². The van der Waals surface area contributed by atoms with Crippen molar-refractivity contribution in [2.24, 2.45) is 5.41 Å². The largest absolute Gasteiger partial charge is 0.459 e. The molecule has 32 heavy (non-hydrogen) atoms. The zero-order valence-electron chi connectivity index (χ0n) is 17.7. The summed E-state index contributed by atoms with van der Waals surface area (Å²) in [4.78, 5) is 53.2. The van der Waals surface area contributed by atoms with E-state index in [-0.39, 0.29) is 42.0 Å². The average Bonchev–Trinajstić information content (AvgIpc) is 3.58. The van der Waals surface area contributed by atoms with Gasteiger partial charge in [0, 0.05) is 26.2 Å². The van der Waals surface area contributed by atoms with E-state index in [4.69, 9.17) is 4.42 Å². The smallest absolute Gasteiger partial charge is 0.287 e. The number of furan rings is 1. The molecule has 0 unspecified atom stereocenters. The van der Waals surface area contributed by atoms with Gasteiger partial charge in [0.15, 0.2) is 5.76 Å². The standard InChI is InChI=1S/C22H26N4O5S/c27-18(13-23-20(29)16-3-1-11-31-16)25-8-5-22(6-9-25)7-10-26(15-22)19(28)14-24-21(30)17-4-2-12-32-17/h1-4,11-12H,5-10,13-15H2,(H,23,29)(H,24,30). The summed E-state index contributed by atoms with van der Waals surface area (Å²) in [6.07, 6.45) is 3.94. The zero-order chi connectivity index (χ0) is 22.6. The molecule has 2 fully saturated rings. The van der Waals surface area contributed by atoms with Crippen LogP contribution in [0.5, 0.6) is 0 Å². The Bertz CT molecular complexity index is 965. The first-order chi connectivity index (χ1) is 15.5. The molecular weight excluding hydrogens is 432 g/mol. The molecule has 0 saturated carbocycles. The predicted molar refractivity (Wildman–Crippen MR) is 117 cm³/mol. The third kappa shape index (κ3) is 5.01. The Morgan fingerprint density at radius 2 is 1.56 bits per heavy atom. The number of piperidine rings is 1. The first-order valence-corrected chi connectivity index (χ1v) is 11.5. The molecule has 2 aromatic rings. The van der Waals surface area contributed by atoms with Gasteiger partial charge in [-0.3, -0.25) is 19.2 Å². The molecule has 4 amide bonds. The molecule has 0 aliphatic carbocycles. The van der Waals surface area contributed by atoms with Crippen LogP contribution in [0.3, 0.4) is 0 Å². The summed E-state index contributed by atoms with van der Waals surface area (Å²) in [7, 11) is 0. The van der Waals surface area contributed by atoms with E-state index in [0.717, 1.165) is 19.3 Å². The third-order valence-electron chi connectivity index (χ3n) is 6.26. The van der Waals surface area contributed by atoms with Gasteiger partial charge < -0.3 is 24.9 Å². The molecule has 4 heterocycles. The van der Waals surface area contributed by atoms with Gasteiger partial charge in [-0.1, -0.05) is 6.07 Å². The predicted octanol–water partition coefficient (Wildman–Crippen LogP) is 1.34. The van der Waals surface area contributed by atoms with Crippen molar-refractivity contribution in [1.29, 1.82) is 0 Å². The SMILES string of the molecule is O=C(NCC(=O)N1CCC2(CC1)CCN(C(=O)CNC(=O)c1cccs1)C2)c1ccco1. The van der Waals surface area contributed by atoms with Gasteiger partial charge in [0.25, 0.3) is 11.8 Å². The fourth-order valence-corrected chi connectivity index (χ4v) is 4.95. The number of nitrogens with zero attached hydrogens (tertiary/aromatic N) is 2. The summed E-state index contributed by atoms with van der Waals surface area (Å²) in [5.41, 5.74) is 0.0155. The van der Waals surface area contributed by atoms with E-state index in [1.165, 1.54) is 17.6 Å². The maximum Gasteiger partial charge on any atom is 0.287 e. The van der Waals surface area contributed by atoms with Crippen LogP contribution in [-0.4, -0.2) is 72.7 Å². The van der Waals surface area contributed by atoms with Gasteiger partial charge in [-0.15, -0.1) is 11.3 Å². The number of carbonyl (C=O) groups is 4. The second kappa shape index (κ2) is 9.56. The van der Waals surface area contributed by atoms with Gasteiger partial charge in [-0.25, -0.2) is 0 Å². The summed E-state index contributed by atoms with van der Waals surface area (Å²) in [6, 6.07) is 6.70. The molecule has 2 aliphatic rings. The summed E-state index contributed by atoms with van der Waals surface area (Å²) in [6.45, 7) is 2.45. The molecule has 4 rings (SSSR count). The van der Waals surface area contributed by atoms with Gasteiger partial charge in [0.1, 0.15) is 0 Å². The summed E-state index contributed by atoms with van der Waals surface area (Å²) in [5, 5.41) is 7.11. The van der Waals surface area contributed by atoms with E-state index < -0.39 is 5.91 Å². The van der Waals surface area contributed by atoms with Crippen LogP contribution in [0.4, 0.5) is 0 Å². The van der Waals surface area contributed by atoms with Crippen molar-refractivity contribution in [3.63, 3.8) is 0 Å². The van der Waals surface area contributed by atoms with Crippen molar-refractivity contribution in [2.45, 2.75) is 19.3 Å². The number of hydrogen-bond acceptors (Lipinski definition) is 6. The Hall–Kier alpha value is -3.14. The van der Waals surface area contributed by atoms with Crippen LogP contribution in [0.1, 0.15) is 39.5 Å². The highest BCUT2D eigenvalue weighted by molar-refractivity contribution is 7.12. The lowest BCUT2D eigenvalue weighted by Gasteiger charge is -2.39. The van der Waals surface area contributed by atoms with Gasteiger partial charge in [-0.05, 0) is 48.3 Å². The minimum Gasteiger partial charge on any atom is -0.459 e. The van der Waals surface area contributed by atoms with Gasteiger partial charge >= 0.3 is 0 Å². The van der Waals surface area contributed by atoms with Crippen LogP contribution in [0, 0.1) is 5.41 Å². The van der Waals surface area contributed by atoms with Gasteiger partial charge in [-0.2, -0.15) is 0 Å². The van der Waals surface area contributed by atoms with E-state index in [1.54, 1.807) is 29.2 Å². The molecule has 2 N–H and O–H groups in total. The van der Waals surface area contributed by atoms with E-state index in [1.807, 2.05) is 10.3 Å². The van der Waals surface area contributed by atoms with Gasteiger partial charge in [0.2, 0.25) is 11.8 Å². The highest BCUT2D eigenvalue weighted by Gasteiger charge is 2.42. The number of likely N-dealkylation sites (tertiary alicyclic amines) is 2. The van der Waals surface area contributed by atoms with Crippen molar-refractivity contribution < 1.29 is 23.6 Å². The first kappa shape index (κ1) is 22.1. The fraction of sp³-hybridized carbons (Fsp3) is 0.455. The monoisotopic (exact) mass is 458 g/mol. The second-order valence-corrected chi connectivity index (χ2v) is 9.21. The molecule has 0 aromatic carbocycles. The number of nitrogens with one attached hydrogen (secondary N) is 2. The molecule has 1 spiro atoms. The molecule has 2 aromatic heterocycles. The number of carbonyl (C=O) groups excluding carboxylic acids is 4. The maximum absolute atomic E-state index is 12.6. The molecule has 0 bridgehead atoms. The molecule has 2 saturated heterocycles. The normalized spacial score (nSPS) is 17.4. The maximum atomic E-state index is 12.6. The van der Waals surface area contributed by atoms with E-state index in [2.05, 4.69) is 10.6 Å². The molecular formula is C22H26N4O5S. The lowest BCUT2D eigenvalue weighted by molar-refractivity contribution is -0.133. The van der Waals surface area contributed by atoms with Crippen molar-refractivity contribution in [3.8, 4) is 0 Å². The molecule has 9 nitrogen and oxygen atoms in total. The average molecular weight is 459 g/mol. The van der Waals surface area contributed by atoms with Crippen molar-refractivity contribution in [3.05, 3.63) is 46.5 Å². The Kier molecular flexibility index (Phi) is 6.59. The van der Waals surface area contributed by atoms with Crippen LogP contribution in [-0.2, 0) is 9.59 Å². The lowest BCUT2D eigenvalue weighted by atomic mass is 9.78. The van der Waals surface area contributed by atoms with Crippen molar-refractivity contribution >= 4 is 35.0 Å². The molecule has 0 atom stereocenters. The lowest BCUT2D eigenvalue weighted by Crippen LogP contribution is -2.48. The highest BCUT2D eigenvalue weighted by Crippen LogP contribution is 2.40. The zero-order valence-corrected chi connectivity index (χ0v) is 18.5. The third-order valence-corrected chi connectivity index (χ3v) is 7.13. The van der Waals surface area contributed by atoms with Crippen LogP contribution >= 0.6 is 11.3 Å².